The molecule has 0 unspecified atom stereocenters. The number of hydrogen-bond donors (Lipinski definition) is 1. The van der Waals surface area contributed by atoms with Crippen LogP contribution in [0.5, 0.6) is 0 Å². The van der Waals surface area contributed by atoms with Gasteiger partial charge in [0.15, 0.2) is 0 Å². The molecule has 1 N–H and O–H groups in total. The minimum atomic E-state index is -0.792. The Kier molecular flexibility index (Phi) is 5.74. The molecule has 1 aliphatic heterocycles. The Bertz CT molecular complexity index is 560. The first-order valence-corrected chi connectivity index (χ1v) is 7.53. The molecule has 0 aliphatic carbocycles. The lowest BCUT2D eigenvalue weighted by atomic mass is 10.1. The van der Waals surface area contributed by atoms with Crippen molar-refractivity contribution in [2.75, 3.05) is 32.7 Å². The van der Waals surface area contributed by atoms with Crippen molar-refractivity contribution < 1.29 is 19.1 Å². The number of rotatable bonds is 5. The quantitative estimate of drug-likeness (QED) is 0.899. The molecule has 0 saturated carbocycles. The van der Waals surface area contributed by atoms with Crippen molar-refractivity contribution in [1.82, 2.24) is 9.80 Å². The summed E-state index contributed by atoms with van der Waals surface area (Å²) in [6, 6.07) is 3.76. The van der Waals surface area contributed by atoms with E-state index in [4.69, 9.17) is 16.7 Å². The van der Waals surface area contributed by atoms with Gasteiger partial charge < -0.3 is 10.0 Å². The summed E-state index contributed by atoms with van der Waals surface area (Å²) >= 11 is 5.92. The molecule has 1 saturated heterocycles. The molecule has 1 amide bonds. The van der Waals surface area contributed by atoms with Gasteiger partial charge in [-0.15, -0.1) is 0 Å². The normalized spacial score (nSPS) is 15.8. The standard InChI is InChI=1S/C15H18ClFN2O3/c16-13-10-11(17)3-4-12(13)15(22)19-8-6-18(7-9-19)5-1-2-14(20)21/h3-4,10H,1-2,5-9H2,(H,20,21). The van der Waals surface area contributed by atoms with E-state index in [1.165, 1.54) is 12.1 Å². The summed E-state index contributed by atoms with van der Waals surface area (Å²) in [5.74, 6) is -1.46. The minimum Gasteiger partial charge on any atom is -0.481 e. The summed E-state index contributed by atoms with van der Waals surface area (Å²) in [7, 11) is 0. The summed E-state index contributed by atoms with van der Waals surface area (Å²) in [6.07, 6.45) is 0.761. The molecule has 22 heavy (non-hydrogen) atoms. The molecule has 0 radical (unpaired) electrons. The van der Waals surface area contributed by atoms with E-state index in [2.05, 4.69) is 4.90 Å². The van der Waals surface area contributed by atoms with Crippen molar-refractivity contribution in [2.24, 2.45) is 0 Å². The first-order chi connectivity index (χ1) is 10.5. The Balaban J connectivity index is 1.86. The van der Waals surface area contributed by atoms with E-state index >= 15 is 0 Å². The molecule has 0 spiro atoms. The Hall–Kier alpha value is -1.66. The molecule has 5 nitrogen and oxygen atoms in total. The van der Waals surface area contributed by atoms with E-state index in [-0.39, 0.29) is 17.4 Å². The van der Waals surface area contributed by atoms with Gasteiger partial charge in [0.25, 0.3) is 5.91 Å². The van der Waals surface area contributed by atoms with Crippen LogP contribution in [0.15, 0.2) is 18.2 Å². The van der Waals surface area contributed by atoms with Crippen LogP contribution in [0.1, 0.15) is 23.2 Å². The number of carboxylic acids is 1. The second-order valence-electron chi connectivity index (χ2n) is 5.26. The molecular formula is C15H18ClFN2O3. The van der Waals surface area contributed by atoms with E-state index < -0.39 is 11.8 Å². The number of hydrogen-bond acceptors (Lipinski definition) is 3. The average Bonchev–Trinajstić information content (AvgIpc) is 2.47. The Morgan fingerprint density at radius 3 is 2.50 bits per heavy atom. The lowest BCUT2D eigenvalue weighted by molar-refractivity contribution is -0.137. The third kappa shape index (κ3) is 4.42. The van der Waals surface area contributed by atoms with Gasteiger partial charge in [-0.3, -0.25) is 14.5 Å². The number of halogens is 2. The molecule has 7 heteroatoms. The van der Waals surface area contributed by atoms with Crippen molar-refractivity contribution in [2.45, 2.75) is 12.8 Å². The summed E-state index contributed by atoms with van der Waals surface area (Å²) in [5, 5.41) is 8.74. The van der Waals surface area contributed by atoms with E-state index in [1.807, 2.05) is 0 Å². The molecule has 0 atom stereocenters. The van der Waals surface area contributed by atoms with Gasteiger partial charge in [0.1, 0.15) is 5.82 Å². The van der Waals surface area contributed by atoms with Gasteiger partial charge in [0.2, 0.25) is 0 Å². The highest BCUT2D eigenvalue weighted by Crippen LogP contribution is 2.20. The second kappa shape index (κ2) is 7.56. The largest absolute Gasteiger partial charge is 0.481 e. The number of piperazine rings is 1. The van der Waals surface area contributed by atoms with E-state index in [0.29, 0.717) is 44.7 Å². The fourth-order valence-corrected chi connectivity index (χ4v) is 2.71. The molecule has 1 heterocycles. The van der Waals surface area contributed by atoms with Crippen LogP contribution in [0.3, 0.4) is 0 Å². The topological polar surface area (TPSA) is 60.9 Å². The number of nitrogens with zero attached hydrogens (tertiary/aromatic N) is 2. The van der Waals surface area contributed by atoms with Gasteiger partial charge >= 0.3 is 5.97 Å². The van der Waals surface area contributed by atoms with E-state index in [1.54, 1.807) is 4.90 Å². The zero-order valence-corrected chi connectivity index (χ0v) is 12.9. The van der Waals surface area contributed by atoms with E-state index in [9.17, 15) is 14.0 Å². The highest BCUT2D eigenvalue weighted by molar-refractivity contribution is 6.33. The third-order valence-electron chi connectivity index (χ3n) is 3.69. The number of aliphatic carboxylic acids is 1. The van der Waals surface area contributed by atoms with Crippen LogP contribution in [0.2, 0.25) is 5.02 Å². The van der Waals surface area contributed by atoms with Gasteiger partial charge in [-0.25, -0.2) is 4.39 Å². The average molecular weight is 329 g/mol. The SMILES string of the molecule is O=C(O)CCCN1CCN(C(=O)c2ccc(F)cc2Cl)CC1. The zero-order valence-electron chi connectivity index (χ0n) is 12.1. The van der Waals surface area contributed by atoms with Crippen LogP contribution in [-0.2, 0) is 4.79 Å². The van der Waals surface area contributed by atoms with Crippen LogP contribution in [0, 0.1) is 5.82 Å². The number of carbonyl (C=O) groups excluding carboxylic acids is 1. The van der Waals surface area contributed by atoms with Gasteiger partial charge in [0.05, 0.1) is 10.6 Å². The Morgan fingerprint density at radius 2 is 1.91 bits per heavy atom. The summed E-state index contributed by atoms with van der Waals surface area (Å²) < 4.78 is 13.0. The van der Waals surface area contributed by atoms with E-state index in [0.717, 1.165) is 6.07 Å². The van der Waals surface area contributed by atoms with Crippen molar-refractivity contribution in [3.05, 3.63) is 34.6 Å². The van der Waals surface area contributed by atoms with Gasteiger partial charge in [0, 0.05) is 32.6 Å². The van der Waals surface area contributed by atoms with Crippen molar-refractivity contribution in [3.63, 3.8) is 0 Å². The number of carbonyl (C=O) groups is 2. The maximum absolute atomic E-state index is 13.0. The first kappa shape index (κ1) is 16.7. The summed E-state index contributed by atoms with van der Waals surface area (Å²) in [6.45, 7) is 3.22. The highest BCUT2D eigenvalue weighted by Gasteiger charge is 2.23. The Morgan fingerprint density at radius 1 is 1.23 bits per heavy atom. The van der Waals surface area contributed by atoms with Crippen LogP contribution < -0.4 is 0 Å². The fraction of sp³-hybridized carbons (Fsp3) is 0.467. The first-order valence-electron chi connectivity index (χ1n) is 7.16. The molecule has 0 bridgehead atoms. The predicted molar refractivity (Wildman–Crippen MR) is 80.6 cm³/mol. The molecule has 1 aliphatic rings. The molecular weight excluding hydrogens is 311 g/mol. The van der Waals surface area contributed by atoms with Gasteiger partial charge in [-0.05, 0) is 31.2 Å². The number of amides is 1. The molecule has 120 valence electrons. The van der Waals surface area contributed by atoms with Crippen LogP contribution in [0.25, 0.3) is 0 Å². The highest BCUT2D eigenvalue weighted by atomic mass is 35.5. The van der Waals surface area contributed by atoms with Gasteiger partial charge in [-0.1, -0.05) is 11.6 Å². The molecule has 2 rings (SSSR count). The number of benzene rings is 1. The zero-order chi connectivity index (χ0) is 16.1. The molecule has 1 aromatic rings. The van der Waals surface area contributed by atoms with Crippen molar-refractivity contribution in [1.29, 1.82) is 0 Å². The molecule has 1 aromatic carbocycles. The number of carboxylic acid groups (broad SMARTS) is 1. The van der Waals surface area contributed by atoms with Crippen LogP contribution in [0.4, 0.5) is 4.39 Å². The lowest BCUT2D eigenvalue weighted by Crippen LogP contribution is -2.48. The molecule has 1 fully saturated rings. The smallest absolute Gasteiger partial charge is 0.303 e. The maximum atomic E-state index is 13.0. The van der Waals surface area contributed by atoms with Crippen LogP contribution in [-0.4, -0.2) is 59.5 Å². The second-order valence-corrected chi connectivity index (χ2v) is 5.66. The Labute approximate surface area is 133 Å². The lowest BCUT2D eigenvalue weighted by Gasteiger charge is -2.34. The maximum Gasteiger partial charge on any atom is 0.303 e. The fourth-order valence-electron chi connectivity index (χ4n) is 2.46. The van der Waals surface area contributed by atoms with Crippen molar-refractivity contribution in [3.8, 4) is 0 Å². The predicted octanol–water partition coefficient (Wildman–Crippen LogP) is 2.10. The van der Waals surface area contributed by atoms with Crippen LogP contribution >= 0.6 is 11.6 Å². The monoisotopic (exact) mass is 328 g/mol. The summed E-state index contributed by atoms with van der Waals surface area (Å²) in [5.41, 5.74) is 0.308. The van der Waals surface area contributed by atoms with Crippen molar-refractivity contribution >= 4 is 23.5 Å². The molecule has 0 aromatic heterocycles. The third-order valence-corrected chi connectivity index (χ3v) is 4.00. The minimum absolute atomic E-state index is 0.119. The van der Waals surface area contributed by atoms with Gasteiger partial charge in [-0.2, -0.15) is 0 Å². The summed E-state index contributed by atoms with van der Waals surface area (Å²) in [4.78, 5) is 26.7.